The zero-order valence-electron chi connectivity index (χ0n) is 47.5. The molecule has 2 aromatic heterocycles. The number of carbonyl (C=O) groups excluding carboxylic acids is 5. The highest BCUT2D eigenvalue weighted by Gasteiger charge is 2.53. The normalized spacial score (nSPS) is 28.7. The molecule has 3 aliphatic carbocycles. The first-order valence-electron chi connectivity index (χ1n) is 27.9. The van der Waals surface area contributed by atoms with Gasteiger partial charge < -0.3 is 54.7 Å². The minimum absolute atomic E-state index is 0.0132. The number of aromatic nitrogens is 2. The summed E-state index contributed by atoms with van der Waals surface area (Å²) < 4.78 is 23.4. The third kappa shape index (κ3) is 8.73. The number of aliphatic imine (C=N–C) groups is 1. The van der Waals surface area contributed by atoms with Crippen molar-refractivity contribution in [2.75, 3.05) is 14.2 Å². The number of ether oxygens (including phenoxy) is 4. The molecule has 7 aliphatic rings. The molecule has 0 saturated carbocycles. The Bertz CT molecular complexity index is 3800. The second-order valence-corrected chi connectivity index (χ2v) is 22.8. The number of hydrazone groups is 1. The predicted octanol–water partition coefficient (Wildman–Crippen LogP) is 5.78. The first-order chi connectivity index (χ1) is 39.0. The van der Waals surface area contributed by atoms with Crippen LogP contribution in [-0.2, 0) is 41.4 Å². The number of ketones is 3. The molecule has 8 N–H and O–H groups in total. The fraction of sp³-hybridized carbons (Fsp3) is 0.413. The van der Waals surface area contributed by atoms with Crippen LogP contribution in [0.5, 0.6) is 17.2 Å². The van der Waals surface area contributed by atoms with Crippen LogP contribution in [0, 0.1) is 37.5 Å². The van der Waals surface area contributed by atoms with Gasteiger partial charge >= 0.3 is 5.97 Å². The Balaban J connectivity index is 0.932. The molecule has 11 rings (SSSR count). The van der Waals surface area contributed by atoms with E-state index in [0.717, 1.165) is 56.3 Å². The van der Waals surface area contributed by atoms with Gasteiger partial charge in [-0.2, -0.15) is 5.10 Å². The van der Waals surface area contributed by atoms with Crippen LogP contribution < -0.4 is 26.2 Å². The number of hydrogen-bond donors (Lipinski definition) is 8. The SMILES string of the molecule is C=Cc1c2[nH]c(c1C)/C=C1\N=C(C3=C4NC(/C=c5\[nH]/c(c(C)c5CC)=C\2)C(C)=C4C(=O)C3C(=O)OC)C(CCC(=O)N/N=C(\C)[C@@]2(O)Cc3c(O)c4c(c(O)c3[C@H](O[C@@H]3C[C@H](C)[C@H](O)[C@H](C)O3)C2)C(=O)c2c(OC)cccc2C4=O)[C@H]1C. The number of aromatic amines is 2. The molecule has 1 saturated heterocycles. The monoisotopic (exact) mass is 1120 g/mol. The molecular weight excluding hydrogens is 1050 g/mol. The number of methoxy groups -OCH3 is 2. The van der Waals surface area contributed by atoms with E-state index in [9.17, 15) is 44.4 Å². The molecule has 2 aromatic carbocycles. The summed E-state index contributed by atoms with van der Waals surface area (Å²) in [6.45, 7) is 19.2. The summed E-state index contributed by atoms with van der Waals surface area (Å²) in [4.78, 5) is 83.8. The number of rotatable bonds is 11. The molecule has 428 valence electrons. The number of nitrogens with zero attached hydrogens (tertiary/aromatic N) is 2. The highest BCUT2D eigenvalue weighted by atomic mass is 16.7. The predicted molar refractivity (Wildman–Crippen MR) is 304 cm³/mol. The number of aliphatic hydroxyl groups is 2. The van der Waals surface area contributed by atoms with Gasteiger partial charge in [0.15, 0.2) is 17.9 Å². The van der Waals surface area contributed by atoms with Crippen LogP contribution in [-0.4, -0.2) is 115 Å². The van der Waals surface area contributed by atoms with Gasteiger partial charge in [-0.25, -0.2) is 5.43 Å². The second-order valence-electron chi connectivity index (χ2n) is 22.8. The zero-order chi connectivity index (χ0) is 58.7. The highest BCUT2D eigenvalue weighted by Crippen LogP contribution is 2.53. The number of fused-ring (bicyclic) bond motifs is 10. The molecule has 82 heavy (non-hydrogen) atoms. The van der Waals surface area contributed by atoms with E-state index >= 15 is 0 Å². The molecule has 0 spiro atoms. The summed E-state index contributed by atoms with van der Waals surface area (Å²) in [6.07, 6.45) is 4.45. The Labute approximate surface area is 473 Å². The fourth-order valence-electron chi connectivity index (χ4n) is 13.5. The van der Waals surface area contributed by atoms with Gasteiger partial charge in [0.1, 0.15) is 28.8 Å². The summed E-state index contributed by atoms with van der Waals surface area (Å²) in [5.41, 5.74) is 8.30. The molecule has 4 aliphatic heterocycles. The van der Waals surface area contributed by atoms with Crippen molar-refractivity contribution >= 4 is 65.0 Å². The smallest absolute Gasteiger partial charge is 0.321 e. The van der Waals surface area contributed by atoms with Crippen LogP contribution in [0.15, 0.2) is 63.0 Å². The van der Waals surface area contributed by atoms with Crippen LogP contribution in [0.4, 0.5) is 0 Å². The van der Waals surface area contributed by atoms with Crippen molar-refractivity contribution in [1.29, 1.82) is 0 Å². The van der Waals surface area contributed by atoms with Crippen molar-refractivity contribution in [1.82, 2.24) is 20.7 Å². The minimum Gasteiger partial charge on any atom is -0.507 e. The van der Waals surface area contributed by atoms with E-state index in [4.69, 9.17) is 23.9 Å². The number of carbonyl (C=O) groups is 5. The van der Waals surface area contributed by atoms with Gasteiger partial charge in [0, 0.05) is 98.7 Å². The number of hydrogen-bond acceptors (Lipinski definition) is 16. The maximum Gasteiger partial charge on any atom is 0.321 e. The number of nitrogens with one attached hydrogen (secondary N) is 4. The van der Waals surface area contributed by atoms with Crippen LogP contribution in [0.1, 0.15) is 150 Å². The van der Waals surface area contributed by atoms with E-state index in [2.05, 4.69) is 58.4 Å². The summed E-state index contributed by atoms with van der Waals surface area (Å²) >= 11 is 0. The van der Waals surface area contributed by atoms with E-state index in [-0.39, 0.29) is 71.2 Å². The molecule has 6 heterocycles. The molecule has 19 nitrogen and oxygen atoms in total. The van der Waals surface area contributed by atoms with Crippen molar-refractivity contribution in [3.63, 3.8) is 0 Å². The number of H-pyrrole nitrogens is 2. The Kier molecular flexibility index (Phi) is 14.2. The lowest BCUT2D eigenvalue weighted by Gasteiger charge is -2.43. The van der Waals surface area contributed by atoms with Crippen molar-refractivity contribution < 1.29 is 63.3 Å². The third-order valence-electron chi connectivity index (χ3n) is 18.2. The van der Waals surface area contributed by atoms with Crippen LogP contribution in [0.2, 0.25) is 0 Å². The van der Waals surface area contributed by atoms with Gasteiger partial charge in [0.25, 0.3) is 0 Å². The lowest BCUT2D eigenvalue weighted by atomic mass is 9.71. The molecule has 3 unspecified atom stereocenters. The summed E-state index contributed by atoms with van der Waals surface area (Å²) in [5, 5.41) is 57.6. The summed E-state index contributed by atoms with van der Waals surface area (Å²) in [7, 11) is 2.59. The summed E-state index contributed by atoms with van der Waals surface area (Å²) in [6, 6.07) is 4.05. The molecule has 0 radical (unpaired) electrons. The van der Waals surface area contributed by atoms with Gasteiger partial charge in [-0.1, -0.05) is 45.6 Å². The highest BCUT2D eigenvalue weighted by molar-refractivity contribution is 6.31. The average molecular weight is 1120 g/mol. The number of amides is 1. The molecule has 10 atom stereocenters. The van der Waals surface area contributed by atoms with Crippen molar-refractivity contribution in [2.45, 2.75) is 130 Å². The fourth-order valence-corrected chi connectivity index (χ4v) is 13.5. The van der Waals surface area contributed by atoms with Gasteiger partial charge in [-0.3, -0.25) is 29.0 Å². The van der Waals surface area contributed by atoms with Crippen LogP contribution >= 0.6 is 0 Å². The number of Topliss-reactive ketones (excluding diaryl/α,β-unsaturated/α-hetero) is 1. The van der Waals surface area contributed by atoms with Gasteiger partial charge in [-0.15, -0.1) is 0 Å². The Hall–Kier alpha value is -7.97. The number of allylic oxidation sites excluding steroid dienone is 2. The Morgan fingerprint density at radius 2 is 1.73 bits per heavy atom. The zero-order valence-corrected chi connectivity index (χ0v) is 47.5. The largest absolute Gasteiger partial charge is 0.507 e. The Morgan fingerprint density at radius 1 is 0.988 bits per heavy atom. The van der Waals surface area contributed by atoms with E-state index in [1.807, 2.05) is 39.8 Å². The first-order valence-corrected chi connectivity index (χ1v) is 27.9. The molecule has 8 bridgehead atoms. The topological polar surface area (TPSA) is 284 Å². The molecule has 1 amide bonds. The van der Waals surface area contributed by atoms with Gasteiger partial charge in [-0.05, 0) is 99.9 Å². The lowest BCUT2D eigenvalue weighted by Crippen LogP contribution is -2.48. The van der Waals surface area contributed by atoms with Crippen molar-refractivity contribution in [2.24, 2.45) is 33.8 Å². The van der Waals surface area contributed by atoms with E-state index in [1.165, 1.54) is 39.3 Å². The van der Waals surface area contributed by atoms with Crippen LogP contribution in [0.25, 0.3) is 24.3 Å². The lowest BCUT2D eigenvalue weighted by molar-refractivity contribution is -0.254. The molecular formula is C63H68N6O13. The number of phenols is 2. The quantitative estimate of drug-likeness (QED) is 0.0256. The standard InChI is InChI=1S/C63H68N6O13/c1-12-32-26(4)37-20-39-28(6)34(54(66-39)50-53(62(77)80-11)59(74)47-29(7)40(67-55(47)50)22-42-33(13-2)27(5)38(65-42)21-41(32)64-37)17-18-45(70)69-68-31(9)63(78)23-36-49(44(24-63)82-46-19-25(3)56(71)30(8)81-46)61(76)52-51(58(36)73)57(72)35-15-14-16-43(79-10)48(35)60(52)75/h12,14-16,20-22,25,28,30,34,40,44,46,53,56,64-65,67,71,73,76,78H,1,13,17-19,23-24H2,2-11H3,(H,69,70)/b38-21-,39-20-,42-22-,68-31+/t25-,28+,30-,34?,40?,44+,46+,53?,56-,63+/m0/s1. The van der Waals surface area contributed by atoms with E-state index in [1.54, 1.807) is 6.92 Å². The average Bonchev–Trinajstić information content (AvgIpc) is 1.51. The molecule has 4 aromatic rings. The number of phenolic OH excluding ortho intramolecular Hbond substituents is 2. The van der Waals surface area contributed by atoms with Gasteiger partial charge in [0.2, 0.25) is 11.7 Å². The number of aromatic hydroxyl groups is 2. The molecule has 1 fully saturated rings. The van der Waals surface area contributed by atoms with Crippen molar-refractivity contribution in [3.05, 3.63) is 131 Å². The van der Waals surface area contributed by atoms with Crippen LogP contribution in [0.3, 0.4) is 0 Å². The van der Waals surface area contributed by atoms with Gasteiger partial charge in [0.05, 0.1) is 72.4 Å². The van der Waals surface area contributed by atoms with Crippen molar-refractivity contribution in [3.8, 4) is 17.2 Å². The minimum atomic E-state index is -2.01. The first kappa shape index (κ1) is 55.9. The maximum atomic E-state index is 14.7. The molecule has 19 heteroatoms. The third-order valence-corrected chi connectivity index (χ3v) is 18.2. The van der Waals surface area contributed by atoms with E-state index < -0.39 is 106 Å². The van der Waals surface area contributed by atoms with E-state index in [0.29, 0.717) is 28.3 Å². The Morgan fingerprint density at radius 3 is 2.43 bits per heavy atom. The summed E-state index contributed by atoms with van der Waals surface area (Å²) in [5.74, 6) is -6.82. The maximum absolute atomic E-state index is 14.7. The number of aliphatic hydroxyl groups excluding tert-OH is 1. The number of benzene rings is 2. The number of esters is 1. The second kappa shape index (κ2) is 20.8.